The average Bonchev–Trinajstić information content (AvgIpc) is 3.40. The van der Waals surface area contributed by atoms with E-state index in [0.717, 1.165) is 37.9 Å². The molecule has 0 aromatic heterocycles. The molecule has 1 N–H and O–H groups in total. The highest BCUT2D eigenvalue weighted by Crippen LogP contribution is 2.50. The molecule has 1 aliphatic heterocycles. The Labute approximate surface area is 169 Å². The summed E-state index contributed by atoms with van der Waals surface area (Å²) in [5.74, 6) is 1.97. The normalized spacial score (nSPS) is 24.1. The maximum Gasteiger partial charge on any atom is 0.410 e. The van der Waals surface area contributed by atoms with Crippen molar-refractivity contribution in [1.82, 2.24) is 4.90 Å². The number of aliphatic hydroxyl groups is 1. The standard InChI is InChI=1S/C23H35NO4/c1-23(2,3)28-22(26)24-11-9-18(10-12-24)21-14-19(21)13-20(25)16-27-15-17-7-5-4-6-8-17/h4-8,18-21,25H,9-16H2,1-3H3/t19-,20-,21-/m1/s1. The molecule has 2 fully saturated rings. The summed E-state index contributed by atoms with van der Waals surface area (Å²) in [5, 5.41) is 10.3. The fourth-order valence-corrected chi connectivity index (χ4v) is 4.26. The van der Waals surface area contributed by atoms with Crippen LogP contribution in [0.15, 0.2) is 30.3 Å². The van der Waals surface area contributed by atoms with Crippen LogP contribution in [0.4, 0.5) is 4.79 Å². The van der Waals surface area contributed by atoms with Crippen molar-refractivity contribution >= 4 is 6.09 Å². The highest BCUT2D eigenvalue weighted by Gasteiger charge is 2.44. The molecule has 1 amide bonds. The number of amides is 1. The number of ether oxygens (including phenoxy) is 2. The molecule has 1 aromatic carbocycles. The maximum atomic E-state index is 12.2. The molecule has 5 heteroatoms. The second-order valence-electron chi connectivity index (χ2n) is 9.35. The third kappa shape index (κ3) is 6.49. The van der Waals surface area contributed by atoms with Crippen LogP contribution in [0.3, 0.4) is 0 Å². The summed E-state index contributed by atoms with van der Waals surface area (Å²) in [6.45, 7) is 8.23. The molecule has 156 valence electrons. The van der Waals surface area contributed by atoms with E-state index in [1.54, 1.807) is 0 Å². The number of hydrogen-bond donors (Lipinski definition) is 1. The number of carbonyl (C=O) groups is 1. The van der Waals surface area contributed by atoms with E-state index in [9.17, 15) is 9.90 Å². The first-order valence-corrected chi connectivity index (χ1v) is 10.6. The van der Waals surface area contributed by atoms with Crippen LogP contribution >= 0.6 is 0 Å². The molecule has 2 aliphatic rings. The topological polar surface area (TPSA) is 59.0 Å². The van der Waals surface area contributed by atoms with Crippen molar-refractivity contribution in [2.75, 3.05) is 19.7 Å². The zero-order valence-corrected chi connectivity index (χ0v) is 17.5. The first-order chi connectivity index (χ1) is 13.3. The zero-order chi connectivity index (χ0) is 20.1. The van der Waals surface area contributed by atoms with Crippen molar-refractivity contribution in [3.63, 3.8) is 0 Å². The van der Waals surface area contributed by atoms with Crippen LogP contribution in [0.25, 0.3) is 0 Å². The van der Waals surface area contributed by atoms with E-state index in [2.05, 4.69) is 0 Å². The molecule has 0 spiro atoms. The van der Waals surface area contributed by atoms with Crippen LogP contribution in [0, 0.1) is 17.8 Å². The van der Waals surface area contributed by atoms with E-state index < -0.39 is 5.60 Å². The smallest absolute Gasteiger partial charge is 0.410 e. The molecular formula is C23H35NO4. The third-order valence-electron chi connectivity index (χ3n) is 5.77. The van der Waals surface area contributed by atoms with Gasteiger partial charge in [0.15, 0.2) is 0 Å². The number of likely N-dealkylation sites (tertiary alicyclic amines) is 1. The van der Waals surface area contributed by atoms with E-state index in [1.807, 2.05) is 56.0 Å². The molecular weight excluding hydrogens is 354 g/mol. The van der Waals surface area contributed by atoms with Crippen molar-refractivity contribution in [2.24, 2.45) is 17.8 Å². The molecule has 1 aromatic rings. The van der Waals surface area contributed by atoms with Crippen LogP contribution in [-0.4, -0.2) is 47.5 Å². The van der Waals surface area contributed by atoms with E-state index in [1.165, 1.54) is 6.42 Å². The van der Waals surface area contributed by atoms with E-state index in [-0.39, 0.29) is 12.2 Å². The summed E-state index contributed by atoms with van der Waals surface area (Å²) in [4.78, 5) is 14.0. The minimum Gasteiger partial charge on any atom is -0.444 e. The number of aliphatic hydroxyl groups excluding tert-OH is 1. The molecule has 1 saturated heterocycles. The van der Waals surface area contributed by atoms with E-state index >= 15 is 0 Å². The first kappa shape index (κ1) is 21.1. The van der Waals surface area contributed by atoms with Crippen LogP contribution in [0.2, 0.25) is 0 Å². The van der Waals surface area contributed by atoms with Gasteiger partial charge in [-0.3, -0.25) is 0 Å². The monoisotopic (exact) mass is 389 g/mol. The second-order valence-corrected chi connectivity index (χ2v) is 9.35. The van der Waals surface area contributed by atoms with Gasteiger partial charge < -0.3 is 19.5 Å². The van der Waals surface area contributed by atoms with Gasteiger partial charge in [0.1, 0.15) is 5.60 Å². The summed E-state index contributed by atoms with van der Waals surface area (Å²) in [7, 11) is 0. The van der Waals surface area contributed by atoms with Gasteiger partial charge >= 0.3 is 6.09 Å². The lowest BCUT2D eigenvalue weighted by Gasteiger charge is -2.33. The van der Waals surface area contributed by atoms with Gasteiger partial charge in [0, 0.05) is 13.1 Å². The van der Waals surface area contributed by atoms with Gasteiger partial charge in [-0.1, -0.05) is 30.3 Å². The summed E-state index contributed by atoms with van der Waals surface area (Å²) >= 11 is 0. The van der Waals surface area contributed by atoms with Crippen molar-refractivity contribution < 1.29 is 19.4 Å². The fourth-order valence-electron chi connectivity index (χ4n) is 4.26. The number of hydrogen-bond acceptors (Lipinski definition) is 4. The number of piperidine rings is 1. The minimum atomic E-state index is -0.436. The Bertz CT molecular complexity index is 619. The molecule has 1 saturated carbocycles. The van der Waals surface area contributed by atoms with Gasteiger partial charge in [0.25, 0.3) is 0 Å². The van der Waals surface area contributed by atoms with Crippen molar-refractivity contribution in [3.8, 4) is 0 Å². The molecule has 1 aliphatic carbocycles. The lowest BCUT2D eigenvalue weighted by Crippen LogP contribution is -2.42. The van der Waals surface area contributed by atoms with Crippen LogP contribution < -0.4 is 0 Å². The SMILES string of the molecule is CC(C)(C)OC(=O)N1CCC([C@H]2C[C@H]2C[C@@H](O)COCc2ccccc2)CC1. The fraction of sp³-hybridized carbons (Fsp3) is 0.696. The number of nitrogens with zero attached hydrogens (tertiary/aromatic N) is 1. The quantitative estimate of drug-likeness (QED) is 0.758. The Morgan fingerprint density at radius 3 is 2.54 bits per heavy atom. The highest BCUT2D eigenvalue weighted by atomic mass is 16.6. The predicted molar refractivity (Wildman–Crippen MR) is 109 cm³/mol. The Balaban J connectivity index is 1.31. The number of carbonyl (C=O) groups excluding carboxylic acids is 1. The van der Waals surface area contributed by atoms with Crippen LogP contribution in [0.5, 0.6) is 0 Å². The molecule has 3 atom stereocenters. The highest BCUT2D eigenvalue weighted by molar-refractivity contribution is 5.68. The van der Waals surface area contributed by atoms with Gasteiger partial charge in [0.2, 0.25) is 0 Å². The Hall–Kier alpha value is -1.59. The van der Waals surface area contributed by atoms with Crippen molar-refractivity contribution in [2.45, 2.75) is 64.8 Å². The number of rotatable bonds is 7. The van der Waals surface area contributed by atoms with Crippen LogP contribution in [0.1, 0.15) is 52.0 Å². The Morgan fingerprint density at radius 2 is 1.89 bits per heavy atom. The van der Waals surface area contributed by atoms with Gasteiger partial charge in [-0.05, 0) is 69.8 Å². The second kappa shape index (κ2) is 9.27. The maximum absolute atomic E-state index is 12.2. The lowest BCUT2D eigenvalue weighted by atomic mass is 9.90. The molecule has 0 radical (unpaired) electrons. The first-order valence-electron chi connectivity index (χ1n) is 10.6. The Kier molecular flexibility index (Phi) is 7.00. The summed E-state index contributed by atoms with van der Waals surface area (Å²) in [6, 6.07) is 10.1. The zero-order valence-electron chi connectivity index (χ0n) is 17.5. The van der Waals surface area contributed by atoms with Crippen molar-refractivity contribution in [3.05, 3.63) is 35.9 Å². The predicted octanol–water partition coefficient (Wildman–Crippen LogP) is 4.24. The molecule has 0 unspecified atom stereocenters. The summed E-state index contributed by atoms with van der Waals surface area (Å²) < 4.78 is 11.1. The van der Waals surface area contributed by atoms with Gasteiger partial charge in [-0.2, -0.15) is 0 Å². The molecule has 3 rings (SSSR count). The molecule has 1 heterocycles. The summed E-state index contributed by atoms with van der Waals surface area (Å²) in [6.07, 6.45) is 3.53. The van der Waals surface area contributed by atoms with E-state index in [0.29, 0.717) is 31.0 Å². The average molecular weight is 390 g/mol. The van der Waals surface area contributed by atoms with Crippen molar-refractivity contribution in [1.29, 1.82) is 0 Å². The molecule has 5 nitrogen and oxygen atoms in total. The van der Waals surface area contributed by atoms with Crippen LogP contribution in [-0.2, 0) is 16.1 Å². The van der Waals surface area contributed by atoms with E-state index in [4.69, 9.17) is 9.47 Å². The Morgan fingerprint density at radius 1 is 1.21 bits per heavy atom. The third-order valence-corrected chi connectivity index (χ3v) is 5.77. The van der Waals surface area contributed by atoms with Gasteiger partial charge in [0.05, 0.1) is 19.3 Å². The van der Waals surface area contributed by atoms with Gasteiger partial charge in [-0.15, -0.1) is 0 Å². The number of benzene rings is 1. The van der Waals surface area contributed by atoms with Gasteiger partial charge in [-0.25, -0.2) is 4.79 Å². The lowest BCUT2D eigenvalue weighted by molar-refractivity contribution is 0.0155. The summed E-state index contributed by atoms with van der Waals surface area (Å²) in [5.41, 5.74) is 0.699. The largest absolute Gasteiger partial charge is 0.444 e. The molecule has 0 bridgehead atoms. The minimum absolute atomic E-state index is 0.190. The molecule has 28 heavy (non-hydrogen) atoms.